The predicted molar refractivity (Wildman–Crippen MR) is 352 cm³/mol. The molecule has 0 saturated heterocycles. The Hall–Kier alpha value is -0.166. The molecule has 0 aromatic rings. The van der Waals surface area contributed by atoms with Crippen molar-refractivity contribution in [3.63, 3.8) is 0 Å². The molecule has 0 spiro atoms. The first kappa shape index (κ1) is 83.0. The normalized spacial score (nSPS) is 13.4. The maximum absolute atomic E-state index is 12.3. The van der Waals surface area contributed by atoms with E-state index in [1.807, 2.05) is 0 Å². The average Bonchev–Trinajstić information content (AvgIpc) is 3.42. The van der Waals surface area contributed by atoms with E-state index in [4.69, 9.17) is 0 Å². The second kappa shape index (κ2) is 72.1. The summed E-state index contributed by atoms with van der Waals surface area (Å²) in [6, 6.07) is 0. The minimum absolute atomic E-state index is 0. The van der Waals surface area contributed by atoms with E-state index in [9.17, 15) is 18.9 Å². The molecule has 7 heteroatoms. The van der Waals surface area contributed by atoms with Gasteiger partial charge in [0.15, 0.2) is 0 Å². The Labute approximate surface area is 507 Å². The Kier molecular flexibility index (Phi) is 75.8. The molecule has 0 aromatic carbocycles. The first-order chi connectivity index (χ1) is 38.2. The van der Waals surface area contributed by atoms with Gasteiger partial charge < -0.3 is 18.9 Å². The first-order valence-corrected chi connectivity index (χ1v) is 39.4. The van der Waals surface area contributed by atoms with Crippen LogP contribution in [0.3, 0.4) is 0 Å². The minimum atomic E-state index is -3.14. The van der Waals surface area contributed by atoms with E-state index in [-0.39, 0.29) is 16.5 Å². The third-order valence-electron chi connectivity index (χ3n) is 16.0. The summed E-state index contributed by atoms with van der Waals surface area (Å²) < 4.78 is 24.7. The average molecular weight is 1190 g/mol. The van der Waals surface area contributed by atoms with Crippen LogP contribution in [-0.4, -0.2) is 24.6 Å². The molecule has 0 heterocycles. The van der Waals surface area contributed by atoms with Gasteiger partial charge in [0.1, 0.15) is 0 Å². The van der Waals surface area contributed by atoms with E-state index in [1.165, 1.54) is 308 Å². The first-order valence-electron chi connectivity index (χ1n) is 35.4. The molecule has 0 rings (SSSR count). The van der Waals surface area contributed by atoms with Gasteiger partial charge in [0.05, 0.1) is 0 Å². The number of unbranched alkanes of at least 4 members (excludes halogenated alkanes) is 48. The summed E-state index contributed by atoms with van der Waals surface area (Å²) in [5, 5.41) is 0. The van der Waals surface area contributed by atoms with Crippen molar-refractivity contribution in [2.75, 3.05) is 24.6 Å². The molecule has 0 fully saturated rings. The van der Waals surface area contributed by atoms with Gasteiger partial charge in [-0.15, -0.1) is 0 Å². The maximum Gasteiger partial charge on any atom is 2.00 e. The molecule has 0 aliphatic rings. The smallest absolute Gasteiger partial charge is 0.799 e. The summed E-state index contributed by atoms with van der Waals surface area (Å²) in [6.45, 7) is 9.09. The molecule has 0 radical (unpaired) electrons. The van der Waals surface area contributed by atoms with E-state index < -0.39 is 14.7 Å². The van der Waals surface area contributed by atoms with Crippen LogP contribution in [0.25, 0.3) is 0 Å². The zero-order chi connectivity index (χ0) is 57.1. The van der Waals surface area contributed by atoms with Crippen molar-refractivity contribution in [2.45, 2.75) is 387 Å². The number of hydrogen-bond donors (Lipinski definition) is 0. The fourth-order valence-electron chi connectivity index (χ4n) is 10.6. The Bertz CT molecular complexity index is 1150. The van der Waals surface area contributed by atoms with Gasteiger partial charge in [-0.05, 0) is 153 Å². The Morgan fingerprint density at radius 1 is 0.203 bits per heavy atom. The van der Waals surface area contributed by atoms with Gasteiger partial charge in [0, 0.05) is 14.7 Å². The fraction of sp³-hybridized carbons (Fsp3) is 0.889. The van der Waals surface area contributed by atoms with Gasteiger partial charge in [-0.3, -0.25) is 0 Å². The summed E-state index contributed by atoms with van der Waals surface area (Å²) >= 11 is 0. The number of allylic oxidation sites excluding steroid dienone is 8. The Morgan fingerprint density at radius 2 is 0.316 bits per heavy atom. The molecule has 0 saturated carbocycles. The van der Waals surface area contributed by atoms with Crippen LogP contribution in [0, 0.1) is 0 Å². The molecule has 0 aliphatic heterocycles. The molecule has 79 heavy (non-hydrogen) atoms. The van der Waals surface area contributed by atoms with Crippen molar-refractivity contribution in [3.8, 4) is 0 Å². The molecular weight excluding hydrogens is 1050 g/mol. The van der Waals surface area contributed by atoms with Crippen LogP contribution in [0.4, 0.5) is 0 Å². The van der Waals surface area contributed by atoms with Crippen LogP contribution >= 0.6 is 14.7 Å². The monoisotopic (exact) mass is 1190 g/mol. The van der Waals surface area contributed by atoms with E-state index >= 15 is 0 Å². The molecule has 4 nitrogen and oxygen atoms in total. The SMILES string of the molecule is CCCCCCCCC=CCCCCCCCCP(=O)([O-])CCCCCCCCC=CCCCCCCCC.CCCCCCCCC=CCCCCCCCCP(=O)([O-])CCCCCCCCC=CCCCCCCCC.[Ni+2]. The molecule has 0 aliphatic carbocycles. The van der Waals surface area contributed by atoms with Crippen LogP contribution in [-0.2, 0) is 25.6 Å². The Morgan fingerprint density at radius 3 is 0.456 bits per heavy atom. The molecule has 0 N–H and O–H groups in total. The molecule has 472 valence electrons. The van der Waals surface area contributed by atoms with Crippen molar-refractivity contribution in [2.24, 2.45) is 0 Å². The largest absolute Gasteiger partial charge is 2.00 e. The topological polar surface area (TPSA) is 80.3 Å². The van der Waals surface area contributed by atoms with Gasteiger partial charge in [-0.25, -0.2) is 0 Å². The standard InChI is InChI=1S/2C36H71O2P.Ni/c2*1-3-5-7-9-11-13-15-17-19-21-23-25-27-29-31-33-35-39(37,38)36-34-32-30-28-26-24-22-20-18-16-14-12-10-8-6-4-2;/h2*17-20H,3-16,21-36H2,1-2H3,(H,37,38);/q;;+2/p-2. The second-order valence-electron chi connectivity index (χ2n) is 24.3. The van der Waals surface area contributed by atoms with Gasteiger partial charge in [-0.2, -0.15) is 0 Å². The zero-order valence-electron chi connectivity index (χ0n) is 53.9. The van der Waals surface area contributed by atoms with Crippen molar-refractivity contribution < 1.29 is 35.4 Å². The quantitative estimate of drug-likeness (QED) is 0.0263. The van der Waals surface area contributed by atoms with Crippen LogP contribution in [0.2, 0.25) is 0 Å². The third kappa shape index (κ3) is 77.8. The van der Waals surface area contributed by atoms with E-state index in [1.54, 1.807) is 0 Å². The van der Waals surface area contributed by atoms with Crippen LogP contribution < -0.4 is 9.79 Å². The van der Waals surface area contributed by atoms with Crippen molar-refractivity contribution in [1.29, 1.82) is 0 Å². The van der Waals surface area contributed by atoms with Gasteiger partial charge >= 0.3 is 16.5 Å². The van der Waals surface area contributed by atoms with Crippen molar-refractivity contribution >= 4 is 14.7 Å². The molecule has 0 aromatic heterocycles. The molecule has 0 amide bonds. The third-order valence-corrected chi connectivity index (χ3v) is 20.0. The summed E-state index contributed by atoms with van der Waals surface area (Å²) in [5.74, 6) is 0. The molecule has 0 bridgehead atoms. The molecular formula is C72H140NiO4P2. The predicted octanol–water partition coefficient (Wildman–Crippen LogP) is 25.4. The minimum Gasteiger partial charge on any atom is -0.799 e. The summed E-state index contributed by atoms with van der Waals surface area (Å²) in [6.07, 6.45) is 91.4. The van der Waals surface area contributed by atoms with Crippen LogP contribution in [0.15, 0.2) is 48.6 Å². The van der Waals surface area contributed by atoms with E-state index in [0.717, 1.165) is 51.4 Å². The molecule has 0 atom stereocenters. The van der Waals surface area contributed by atoms with Gasteiger partial charge in [0.2, 0.25) is 0 Å². The Balaban J connectivity index is -0.00000144. The van der Waals surface area contributed by atoms with Crippen LogP contribution in [0.1, 0.15) is 387 Å². The van der Waals surface area contributed by atoms with Gasteiger partial charge in [0.25, 0.3) is 0 Å². The fourth-order valence-corrected chi connectivity index (χ4v) is 13.9. The summed E-state index contributed by atoms with van der Waals surface area (Å²) in [7, 11) is -6.27. The van der Waals surface area contributed by atoms with Crippen molar-refractivity contribution in [3.05, 3.63) is 48.6 Å². The van der Waals surface area contributed by atoms with Crippen molar-refractivity contribution in [1.82, 2.24) is 0 Å². The van der Waals surface area contributed by atoms with E-state index in [0.29, 0.717) is 24.6 Å². The maximum atomic E-state index is 12.3. The van der Waals surface area contributed by atoms with E-state index in [2.05, 4.69) is 76.3 Å². The summed E-state index contributed by atoms with van der Waals surface area (Å²) in [5.41, 5.74) is 0. The number of hydrogen-bond acceptors (Lipinski definition) is 4. The molecule has 0 unspecified atom stereocenters. The van der Waals surface area contributed by atoms with Gasteiger partial charge in [-0.1, -0.05) is 307 Å². The summed E-state index contributed by atoms with van der Waals surface area (Å²) in [4.78, 5) is 24.7. The van der Waals surface area contributed by atoms with Crippen LogP contribution in [0.5, 0.6) is 0 Å². The zero-order valence-corrected chi connectivity index (χ0v) is 56.7. The number of rotatable bonds is 64. The second-order valence-corrected chi connectivity index (χ2v) is 29.3.